The van der Waals surface area contributed by atoms with Crippen molar-refractivity contribution in [2.24, 2.45) is 5.73 Å². The molecule has 0 aliphatic heterocycles. The molecule has 0 spiro atoms. The van der Waals surface area contributed by atoms with E-state index in [4.69, 9.17) is 10.5 Å². The van der Waals surface area contributed by atoms with Crippen LogP contribution in [0.2, 0.25) is 0 Å². The fraction of sp³-hybridized carbons (Fsp3) is 0.543. The molecule has 0 heterocycles. The van der Waals surface area contributed by atoms with E-state index in [1.807, 2.05) is 64.1 Å². The Bertz CT molecular complexity index is 1280. The molecule has 0 aromatic heterocycles. The summed E-state index contributed by atoms with van der Waals surface area (Å²) in [7, 11) is 0. The lowest BCUT2D eigenvalue weighted by Crippen LogP contribution is -2.53. The van der Waals surface area contributed by atoms with Gasteiger partial charge in [-0.3, -0.25) is 14.4 Å². The summed E-state index contributed by atoms with van der Waals surface area (Å²) in [6.45, 7) is 15.3. The molecule has 0 radical (unpaired) electrons. The van der Waals surface area contributed by atoms with E-state index >= 15 is 0 Å². The lowest BCUT2D eigenvalue weighted by atomic mass is 9.95. The van der Waals surface area contributed by atoms with Gasteiger partial charge >= 0.3 is 6.09 Å². The average Bonchev–Trinajstić information content (AvgIpc) is 2.91. The van der Waals surface area contributed by atoms with Crippen LogP contribution in [0.15, 0.2) is 36.4 Å². The van der Waals surface area contributed by atoms with Crippen LogP contribution in [-0.4, -0.2) is 46.9 Å². The topological polar surface area (TPSA) is 131 Å². The highest BCUT2D eigenvalue weighted by Crippen LogP contribution is 2.30. The molecule has 2 aromatic carbocycles. The first-order valence-electron chi connectivity index (χ1n) is 15.7. The third kappa shape index (κ3) is 11.3. The van der Waals surface area contributed by atoms with Crippen LogP contribution in [0.4, 0.5) is 10.5 Å². The minimum absolute atomic E-state index is 0.0299. The number of nitrogens with two attached hydrogens (primary N) is 1. The van der Waals surface area contributed by atoms with E-state index in [1.165, 1.54) is 0 Å². The maximum Gasteiger partial charge on any atom is 0.408 e. The molecule has 9 heteroatoms. The first-order valence-corrected chi connectivity index (χ1v) is 15.7. The number of hydrogen-bond acceptors (Lipinski definition) is 5. The quantitative estimate of drug-likeness (QED) is 0.197. The van der Waals surface area contributed by atoms with Crippen LogP contribution >= 0.6 is 0 Å². The van der Waals surface area contributed by atoms with Crippen LogP contribution in [0, 0.1) is 27.7 Å². The Hall–Kier alpha value is -3.88. The van der Waals surface area contributed by atoms with E-state index < -0.39 is 35.6 Å². The van der Waals surface area contributed by atoms with Crippen molar-refractivity contribution in [1.82, 2.24) is 10.2 Å². The molecule has 2 aromatic rings. The molecular formula is C35H52N4O5. The number of benzene rings is 2. The van der Waals surface area contributed by atoms with Crippen molar-refractivity contribution in [2.75, 3.05) is 11.9 Å². The van der Waals surface area contributed by atoms with Gasteiger partial charge in [0.15, 0.2) is 0 Å². The molecule has 0 saturated carbocycles. The highest BCUT2D eigenvalue weighted by Gasteiger charge is 2.37. The number of amides is 4. The maximum atomic E-state index is 14.5. The number of alkyl carbamates (subject to hydrolysis) is 1. The molecule has 2 atom stereocenters. The van der Waals surface area contributed by atoms with Crippen LogP contribution in [0.3, 0.4) is 0 Å². The van der Waals surface area contributed by atoms with Crippen molar-refractivity contribution in [3.8, 4) is 0 Å². The molecule has 0 aliphatic rings. The molecule has 4 amide bonds. The summed E-state index contributed by atoms with van der Waals surface area (Å²) in [5, 5.41) is 5.77. The number of para-hydroxylation sites is 1. The van der Waals surface area contributed by atoms with Crippen LogP contribution in [-0.2, 0) is 19.1 Å². The summed E-state index contributed by atoms with van der Waals surface area (Å²) in [6.07, 6.45) is 3.75. The van der Waals surface area contributed by atoms with Crippen molar-refractivity contribution in [3.63, 3.8) is 0 Å². The van der Waals surface area contributed by atoms with Crippen molar-refractivity contribution in [3.05, 3.63) is 64.2 Å². The van der Waals surface area contributed by atoms with E-state index in [0.717, 1.165) is 47.9 Å². The number of anilines is 1. The van der Waals surface area contributed by atoms with Gasteiger partial charge in [0.2, 0.25) is 11.8 Å². The van der Waals surface area contributed by atoms with Crippen molar-refractivity contribution in [2.45, 2.75) is 118 Å². The molecule has 9 nitrogen and oxygen atoms in total. The lowest BCUT2D eigenvalue weighted by Gasteiger charge is -2.35. The van der Waals surface area contributed by atoms with Crippen molar-refractivity contribution in [1.29, 1.82) is 0 Å². The van der Waals surface area contributed by atoms with Crippen LogP contribution in [0.25, 0.3) is 0 Å². The predicted molar refractivity (Wildman–Crippen MR) is 175 cm³/mol. The molecule has 0 bridgehead atoms. The molecule has 2 unspecified atom stereocenters. The Labute approximate surface area is 263 Å². The van der Waals surface area contributed by atoms with E-state index in [9.17, 15) is 19.2 Å². The van der Waals surface area contributed by atoms with Gasteiger partial charge in [-0.15, -0.1) is 0 Å². The van der Waals surface area contributed by atoms with E-state index in [2.05, 4.69) is 17.6 Å². The number of unbranched alkanes of at least 4 members (excludes halogenated alkanes) is 4. The Balaban J connectivity index is 2.63. The number of ether oxygens (including phenoxy) is 1. The van der Waals surface area contributed by atoms with Gasteiger partial charge in [0.05, 0.1) is 0 Å². The summed E-state index contributed by atoms with van der Waals surface area (Å²) >= 11 is 0. The van der Waals surface area contributed by atoms with Gasteiger partial charge in [0.1, 0.15) is 17.7 Å². The number of carbonyl (C=O) groups is 4. The summed E-state index contributed by atoms with van der Waals surface area (Å²) in [5.41, 5.74) is 9.74. The molecule has 0 saturated heterocycles. The maximum absolute atomic E-state index is 14.5. The third-order valence-corrected chi connectivity index (χ3v) is 7.46. The summed E-state index contributed by atoms with van der Waals surface area (Å²) in [4.78, 5) is 55.0. The monoisotopic (exact) mass is 608 g/mol. The van der Waals surface area contributed by atoms with Gasteiger partial charge in [0.25, 0.3) is 5.91 Å². The normalized spacial score (nSPS) is 12.6. The van der Waals surface area contributed by atoms with Gasteiger partial charge in [-0.2, -0.15) is 0 Å². The zero-order valence-corrected chi connectivity index (χ0v) is 27.8. The largest absolute Gasteiger partial charge is 0.444 e. The molecular weight excluding hydrogens is 556 g/mol. The fourth-order valence-electron chi connectivity index (χ4n) is 5.23. The third-order valence-electron chi connectivity index (χ3n) is 7.46. The standard InChI is InChI=1S/C35H52N4O5/c1-9-10-11-12-13-21-39(33(42)28(19-20-29(36)40)37-34(43)44-35(6,7)8)31(27-18-17-23(2)22-26(27)5)32(41)38-30-24(3)15-14-16-25(30)4/h14-18,22,28,31H,9-13,19-21H2,1-8H3,(H2,36,40)(H,37,43)(H,38,41). The number of hydrogen-bond donors (Lipinski definition) is 3. The average molecular weight is 609 g/mol. The number of nitrogens with zero attached hydrogens (tertiary/aromatic N) is 1. The van der Waals surface area contributed by atoms with Crippen molar-refractivity contribution < 1.29 is 23.9 Å². The first kappa shape index (κ1) is 36.3. The molecule has 2 rings (SSSR count). The smallest absolute Gasteiger partial charge is 0.408 e. The van der Waals surface area contributed by atoms with Gasteiger partial charge in [-0.1, -0.05) is 74.6 Å². The molecule has 242 valence electrons. The van der Waals surface area contributed by atoms with Crippen LogP contribution in [0.5, 0.6) is 0 Å². The number of carbonyl (C=O) groups excluding carboxylic acids is 4. The second kappa shape index (κ2) is 16.8. The molecule has 0 aliphatic carbocycles. The minimum atomic E-state index is -1.13. The van der Waals surface area contributed by atoms with Crippen LogP contribution < -0.4 is 16.4 Å². The van der Waals surface area contributed by atoms with E-state index in [0.29, 0.717) is 17.7 Å². The predicted octanol–water partition coefficient (Wildman–Crippen LogP) is 6.56. The number of nitrogens with one attached hydrogen (secondary N) is 2. The van der Waals surface area contributed by atoms with Crippen LogP contribution in [0.1, 0.15) is 106 Å². The molecule has 0 fully saturated rings. The number of rotatable bonds is 15. The Morgan fingerprint density at radius 3 is 2.11 bits per heavy atom. The van der Waals surface area contributed by atoms with Gasteiger partial charge in [-0.05, 0) is 83.6 Å². The zero-order chi connectivity index (χ0) is 33.0. The zero-order valence-electron chi connectivity index (χ0n) is 27.8. The van der Waals surface area contributed by atoms with Crippen molar-refractivity contribution >= 4 is 29.5 Å². The minimum Gasteiger partial charge on any atom is -0.444 e. The molecule has 44 heavy (non-hydrogen) atoms. The van der Waals surface area contributed by atoms with E-state index in [-0.39, 0.29) is 25.3 Å². The van der Waals surface area contributed by atoms with E-state index in [1.54, 1.807) is 25.7 Å². The van der Waals surface area contributed by atoms with Gasteiger partial charge < -0.3 is 26.0 Å². The summed E-state index contributed by atoms with van der Waals surface area (Å²) < 4.78 is 5.44. The Morgan fingerprint density at radius 1 is 0.909 bits per heavy atom. The number of primary amides is 1. The number of aryl methyl sites for hydroxylation is 4. The summed E-state index contributed by atoms with van der Waals surface area (Å²) in [5.74, 6) is -1.44. The first-order chi connectivity index (χ1) is 20.6. The highest BCUT2D eigenvalue weighted by molar-refractivity contribution is 6.00. The Morgan fingerprint density at radius 2 is 1.55 bits per heavy atom. The summed E-state index contributed by atoms with van der Waals surface area (Å²) in [6, 6.07) is 9.46. The Kier molecular flexibility index (Phi) is 13.9. The second-order valence-corrected chi connectivity index (χ2v) is 12.7. The van der Waals surface area contributed by atoms with Gasteiger partial charge in [0, 0.05) is 18.7 Å². The highest BCUT2D eigenvalue weighted by atomic mass is 16.6. The fourth-order valence-corrected chi connectivity index (χ4v) is 5.23. The second-order valence-electron chi connectivity index (χ2n) is 12.7. The molecule has 4 N–H and O–H groups in total. The SMILES string of the molecule is CCCCCCCN(C(=O)C(CCC(N)=O)NC(=O)OC(C)(C)C)C(C(=O)Nc1c(C)cccc1C)c1ccc(C)cc1C. The lowest BCUT2D eigenvalue weighted by molar-refractivity contribution is -0.141. The van der Waals surface area contributed by atoms with Gasteiger partial charge in [-0.25, -0.2) is 4.79 Å².